The first kappa shape index (κ1) is 11.2. The summed E-state index contributed by atoms with van der Waals surface area (Å²) in [6, 6.07) is 3.48. The highest BCUT2D eigenvalue weighted by atomic mass is 16.7. The van der Waals surface area contributed by atoms with Crippen molar-refractivity contribution in [1.82, 2.24) is 0 Å². The fourth-order valence-electron chi connectivity index (χ4n) is 2.49. The number of ether oxygens (including phenoxy) is 2. The summed E-state index contributed by atoms with van der Waals surface area (Å²) in [6.07, 6.45) is 2.08. The molecule has 0 spiro atoms. The van der Waals surface area contributed by atoms with Crippen molar-refractivity contribution in [2.24, 2.45) is 5.92 Å². The topological polar surface area (TPSA) is 76.0 Å². The number of carboxylic acid groups (broad SMARTS) is 1. The Hall–Kier alpha value is -1.91. The molecule has 1 aromatic rings. The maximum absolute atomic E-state index is 10.9. The monoisotopic (exact) mass is 250 g/mol. The van der Waals surface area contributed by atoms with Gasteiger partial charge in [-0.15, -0.1) is 0 Å². The number of rotatable bonds is 4. The summed E-state index contributed by atoms with van der Waals surface area (Å²) < 4.78 is 10.4. The van der Waals surface area contributed by atoms with Crippen LogP contribution >= 0.6 is 0 Å². The van der Waals surface area contributed by atoms with Crippen molar-refractivity contribution < 1.29 is 24.5 Å². The summed E-state index contributed by atoms with van der Waals surface area (Å²) in [5.74, 6) is 0.251. The van der Waals surface area contributed by atoms with Gasteiger partial charge in [0.25, 0.3) is 0 Å². The predicted molar refractivity (Wildman–Crippen MR) is 61.9 cm³/mol. The van der Waals surface area contributed by atoms with Gasteiger partial charge in [0.1, 0.15) is 0 Å². The van der Waals surface area contributed by atoms with Crippen molar-refractivity contribution in [2.45, 2.75) is 25.2 Å². The van der Waals surface area contributed by atoms with Crippen LogP contribution in [0.2, 0.25) is 0 Å². The standard InChI is InChI=1S/C13H14O5/c14-11(15)5-9(7-1-2-7)8-3-4-10-13(12(8)16)18-6-17-10/h3-4,7,9,16H,1-2,5-6H2,(H,14,15). The Balaban J connectivity index is 1.96. The molecule has 1 atom stereocenters. The molecule has 18 heavy (non-hydrogen) atoms. The van der Waals surface area contributed by atoms with Crippen molar-refractivity contribution in [3.8, 4) is 17.2 Å². The minimum absolute atomic E-state index is 0.0307. The van der Waals surface area contributed by atoms with E-state index in [-0.39, 0.29) is 24.9 Å². The van der Waals surface area contributed by atoms with Gasteiger partial charge in [-0.3, -0.25) is 4.79 Å². The molecule has 1 heterocycles. The van der Waals surface area contributed by atoms with Gasteiger partial charge < -0.3 is 19.7 Å². The lowest BCUT2D eigenvalue weighted by atomic mass is 9.90. The third-order valence-corrected chi connectivity index (χ3v) is 3.53. The van der Waals surface area contributed by atoms with Gasteiger partial charge in [-0.2, -0.15) is 0 Å². The van der Waals surface area contributed by atoms with Crippen molar-refractivity contribution in [2.75, 3.05) is 6.79 Å². The van der Waals surface area contributed by atoms with Crippen LogP contribution in [0.1, 0.15) is 30.7 Å². The van der Waals surface area contributed by atoms with E-state index >= 15 is 0 Å². The van der Waals surface area contributed by atoms with Crippen LogP contribution in [0.15, 0.2) is 12.1 Å². The summed E-state index contributed by atoms with van der Waals surface area (Å²) in [5.41, 5.74) is 0.657. The molecule has 0 amide bonds. The molecule has 5 heteroatoms. The third kappa shape index (κ3) is 1.85. The molecular weight excluding hydrogens is 236 g/mol. The van der Waals surface area contributed by atoms with Crippen LogP contribution in [-0.4, -0.2) is 23.0 Å². The fourth-order valence-corrected chi connectivity index (χ4v) is 2.49. The number of aromatic hydroxyl groups is 1. The van der Waals surface area contributed by atoms with Crippen LogP contribution in [-0.2, 0) is 4.79 Å². The summed E-state index contributed by atoms with van der Waals surface area (Å²) in [4.78, 5) is 10.9. The van der Waals surface area contributed by atoms with E-state index < -0.39 is 5.97 Å². The molecular formula is C13H14O5. The average molecular weight is 250 g/mol. The number of fused-ring (bicyclic) bond motifs is 1. The minimum Gasteiger partial charge on any atom is -0.504 e. The Morgan fingerprint density at radius 3 is 2.83 bits per heavy atom. The molecule has 1 aliphatic heterocycles. The highest BCUT2D eigenvalue weighted by Gasteiger charge is 2.36. The number of hydrogen-bond acceptors (Lipinski definition) is 4. The van der Waals surface area contributed by atoms with Crippen LogP contribution < -0.4 is 9.47 Å². The summed E-state index contributed by atoms with van der Waals surface area (Å²) in [5, 5.41) is 19.1. The van der Waals surface area contributed by atoms with Gasteiger partial charge in [0, 0.05) is 11.5 Å². The first-order valence-electron chi connectivity index (χ1n) is 6.00. The Kier molecular flexibility index (Phi) is 2.54. The largest absolute Gasteiger partial charge is 0.504 e. The zero-order valence-electron chi connectivity index (χ0n) is 9.76. The van der Waals surface area contributed by atoms with Crippen LogP contribution in [0, 0.1) is 5.92 Å². The quantitative estimate of drug-likeness (QED) is 0.855. The molecule has 0 aromatic heterocycles. The lowest BCUT2D eigenvalue weighted by Gasteiger charge is -2.16. The van der Waals surface area contributed by atoms with E-state index in [9.17, 15) is 9.90 Å². The number of phenolic OH excluding ortho intramolecular Hbond substituents is 1. The molecule has 1 unspecified atom stereocenters. The normalized spacial score (nSPS) is 18.7. The van der Waals surface area contributed by atoms with Gasteiger partial charge >= 0.3 is 5.97 Å². The van der Waals surface area contributed by atoms with Crippen LogP contribution in [0.25, 0.3) is 0 Å². The third-order valence-electron chi connectivity index (χ3n) is 3.53. The second-order valence-electron chi connectivity index (χ2n) is 4.78. The molecule has 0 saturated heterocycles. The molecule has 5 nitrogen and oxygen atoms in total. The summed E-state index contributed by atoms with van der Waals surface area (Å²) >= 11 is 0. The molecule has 2 N–H and O–H groups in total. The zero-order chi connectivity index (χ0) is 12.7. The van der Waals surface area contributed by atoms with E-state index in [4.69, 9.17) is 14.6 Å². The Bertz CT molecular complexity index is 492. The van der Waals surface area contributed by atoms with Crippen molar-refractivity contribution >= 4 is 5.97 Å². The molecule has 3 rings (SSSR count). The highest BCUT2D eigenvalue weighted by molar-refractivity contribution is 5.69. The Labute approximate surface area is 104 Å². The van der Waals surface area contributed by atoms with Gasteiger partial charge in [0.05, 0.1) is 6.42 Å². The summed E-state index contributed by atoms with van der Waals surface area (Å²) in [6.45, 7) is 0.0966. The molecule has 1 saturated carbocycles. The molecule has 0 radical (unpaired) electrons. The lowest BCUT2D eigenvalue weighted by molar-refractivity contribution is -0.137. The average Bonchev–Trinajstić information content (AvgIpc) is 3.05. The molecule has 0 bridgehead atoms. The highest BCUT2D eigenvalue weighted by Crippen LogP contribution is 2.51. The fraction of sp³-hybridized carbons (Fsp3) is 0.462. The number of benzene rings is 1. The lowest BCUT2D eigenvalue weighted by Crippen LogP contribution is -2.08. The number of carbonyl (C=O) groups is 1. The molecule has 1 fully saturated rings. The molecule has 2 aliphatic rings. The SMILES string of the molecule is O=C(O)CC(c1ccc2c(c1O)OCO2)C1CC1. The minimum atomic E-state index is -0.844. The van der Waals surface area contributed by atoms with Crippen molar-refractivity contribution in [3.63, 3.8) is 0 Å². The van der Waals surface area contributed by atoms with E-state index in [1.807, 2.05) is 0 Å². The van der Waals surface area contributed by atoms with E-state index in [1.54, 1.807) is 12.1 Å². The number of carboxylic acids is 1. The number of aliphatic carboxylic acids is 1. The maximum Gasteiger partial charge on any atom is 0.303 e. The second kappa shape index (κ2) is 4.08. The van der Waals surface area contributed by atoms with Gasteiger partial charge in [-0.05, 0) is 24.8 Å². The van der Waals surface area contributed by atoms with E-state index in [0.29, 0.717) is 23.0 Å². The van der Waals surface area contributed by atoms with Gasteiger partial charge in [-0.25, -0.2) is 0 Å². The van der Waals surface area contributed by atoms with Gasteiger partial charge in [0.15, 0.2) is 11.5 Å². The van der Waals surface area contributed by atoms with Crippen LogP contribution in [0.5, 0.6) is 17.2 Å². The summed E-state index contributed by atoms with van der Waals surface area (Å²) in [7, 11) is 0. The van der Waals surface area contributed by atoms with E-state index in [1.165, 1.54) is 0 Å². The van der Waals surface area contributed by atoms with Crippen LogP contribution in [0.3, 0.4) is 0 Å². The van der Waals surface area contributed by atoms with Crippen molar-refractivity contribution in [1.29, 1.82) is 0 Å². The van der Waals surface area contributed by atoms with E-state index in [0.717, 1.165) is 12.8 Å². The van der Waals surface area contributed by atoms with Crippen molar-refractivity contribution in [3.05, 3.63) is 17.7 Å². The van der Waals surface area contributed by atoms with Gasteiger partial charge in [0.2, 0.25) is 12.5 Å². The molecule has 1 aromatic carbocycles. The molecule has 1 aliphatic carbocycles. The predicted octanol–water partition coefficient (Wildman–Crippen LogP) is 2.09. The Morgan fingerprint density at radius 2 is 2.17 bits per heavy atom. The van der Waals surface area contributed by atoms with Crippen LogP contribution in [0.4, 0.5) is 0 Å². The zero-order valence-corrected chi connectivity index (χ0v) is 9.76. The molecule has 96 valence electrons. The maximum atomic E-state index is 10.9. The second-order valence-corrected chi connectivity index (χ2v) is 4.78. The first-order chi connectivity index (χ1) is 8.66. The Morgan fingerprint density at radius 1 is 1.39 bits per heavy atom. The number of phenols is 1. The van der Waals surface area contributed by atoms with E-state index in [2.05, 4.69) is 0 Å². The first-order valence-corrected chi connectivity index (χ1v) is 6.00. The van der Waals surface area contributed by atoms with Gasteiger partial charge in [-0.1, -0.05) is 6.07 Å². The smallest absolute Gasteiger partial charge is 0.303 e. The number of hydrogen-bond donors (Lipinski definition) is 2.